The van der Waals surface area contributed by atoms with Crippen molar-refractivity contribution in [3.8, 4) is 11.3 Å². The minimum atomic E-state index is -0.420. The molecule has 5 heteroatoms. The van der Waals surface area contributed by atoms with Gasteiger partial charge in [0.15, 0.2) is 0 Å². The maximum atomic E-state index is 12.5. The summed E-state index contributed by atoms with van der Waals surface area (Å²) >= 11 is 0. The molecule has 2 rings (SSSR count). The Morgan fingerprint density at radius 1 is 1.38 bits per heavy atom. The molecule has 1 aromatic heterocycles. The molecule has 2 aromatic rings. The molecule has 1 aromatic carbocycles. The van der Waals surface area contributed by atoms with Crippen LogP contribution in [-0.2, 0) is 0 Å². The maximum absolute atomic E-state index is 12.5. The number of aliphatic hydroxyl groups excluding tert-OH is 1. The van der Waals surface area contributed by atoms with E-state index in [1.165, 1.54) is 6.20 Å². The lowest BCUT2D eigenvalue weighted by molar-refractivity contribution is 0.0887. The Labute approximate surface area is 124 Å². The molecule has 0 radical (unpaired) electrons. The average molecular weight is 287 g/mol. The number of carbonyl (C=O) groups excluding carboxylic acids is 1. The quantitative estimate of drug-likeness (QED) is 0.763. The zero-order valence-corrected chi connectivity index (χ0v) is 12.4. The normalized spacial score (nSPS) is 13.7. The number of aromatic amines is 1. The monoisotopic (exact) mass is 287 g/mol. The third-order valence-corrected chi connectivity index (χ3v) is 3.81. The summed E-state index contributed by atoms with van der Waals surface area (Å²) < 4.78 is 0. The standard InChI is InChI=1S/C16H21N3O2/c1-3-16(2,9-10-20)18-15(21)13-11-17-19-14(13)12-7-5-4-6-8-12/h4-8,11,20H,3,9-10H2,1-2H3,(H,17,19)(H,18,21). The van der Waals surface area contributed by atoms with E-state index in [0.717, 1.165) is 12.0 Å². The third-order valence-electron chi connectivity index (χ3n) is 3.81. The van der Waals surface area contributed by atoms with Gasteiger partial charge in [0, 0.05) is 17.7 Å². The summed E-state index contributed by atoms with van der Waals surface area (Å²) in [5.41, 5.74) is 1.71. The average Bonchev–Trinajstić information content (AvgIpc) is 2.98. The Balaban J connectivity index is 2.23. The summed E-state index contributed by atoms with van der Waals surface area (Å²) in [5.74, 6) is -0.180. The molecule has 1 atom stereocenters. The van der Waals surface area contributed by atoms with Crippen LogP contribution in [0.15, 0.2) is 36.5 Å². The van der Waals surface area contributed by atoms with Crippen molar-refractivity contribution >= 4 is 5.91 Å². The predicted molar refractivity (Wildman–Crippen MR) is 81.9 cm³/mol. The predicted octanol–water partition coefficient (Wildman–Crippen LogP) is 2.36. The zero-order valence-electron chi connectivity index (χ0n) is 12.4. The summed E-state index contributed by atoms with van der Waals surface area (Å²) in [5, 5.41) is 19.0. The lowest BCUT2D eigenvalue weighted by atomic mass is 9.94. The van der Waals surface area contributed by atoms with Gasteiger partial charge in [-0.2, -0.15) is 5.10 Å². The number of carbonyl (C=O) groups is 1. The van der Waals surface area contributed by atoms with Gasteiger partial charge in [0.1, 0.15) is 0 Å². The fourth-order valence-electron chi connectivity index (χ4n) is 2.20. The van der Waals surface area contributed by atoms with Crippen LogP contribution in [0.25, 0.3) is 11.3 Å². The highest BCUT2D eigenvalue weighted by Gasteiger charge is 2.26. The van der Waals surface area contributed by atoms with Crippen LogP contribution in [-0.4, -0.2) is 33.4 Å². The molecule has 5 nitrogen and oxygen atoms in total. The molecule has 21 heavy (non-hydrogen) atoms. The molecular weight excluding hydrogens is 266 g/mol. The minimum absolute atomic E-state index is 0.0432. The van der Waals surface area contributed by atoms with Gasteiger partial charge in [-0.15, -0.1) is 0 Å². The highest BCUT2D eigenvalue weighted by Crippen LogP contribution is 2.22. The lowest BCUT2D eigenvalue weighted by Gasteiger charge is -2.28. The number of amides is 1. The fraction of sp³-hybridized carbons (Fsp3) is 0.375. The molecule has 0 aliphatic carbocycles. The van der Waals surface area contributed by atoms with E-state index in [0.29, 0.717) is 17.7 Å². The van der Waals surface area contributed by atoms with Crippen molar-refractivity contribution in [1.29, 1.82) is 0 Å². The first-order valence-electron chi connectivity index (χ1n) is 7.12. The van der Waals surface area contributed by atoms with Gasteiger partial charge in [0.05, 0.1) is 17.5 Å². The summed E-state index contributed by atoms with van der Waals surface area (Å²) in [6.07, 6.45) is 2.80. The van der Waals surface area contributed by atoms with Gasteiger partial charge < -0.3 is 10.4 Å². The van der Waals surface area contributed by atoms with Crippen LogP contribution < -0.4 is 5.32 Å². The number of aliphatic hydroxyl groups is 1. The molecule has 0 saturated carbocycles. The first-order valence-corrected chi connectivity index (χ1v) is 7.12. The van der Waals surface area contributed by atoms with E-state index in [4.69, 9.17) is 5.11 Å². The van der Waals surface area contributed by atoms with Crippen molar-refractivity contribution in [1.82, 2.24) is 15.5 Å². The van der Waals surface area contributed by atoms with Crippen LogP contribution in [0.2, 0.25) is 0 Å². The molecule has 0 aliphatic rings. The van der Waals surface area contributed by atoms with E-state index in [9.17, 15) is 4.79 Å². The van der Waals surface area contributed by atoms with Crippen LogP contribution >= 0.6 is 0 Å². The van der Waals surface area contributed by atoms with Crippen LogP contribution in [0.5, 0.6) is 0 Å². The van der Waals surface area contributed by atoms with Crippen molar-refractivity contribution in [2.24, 2.45) is 0 Å². The Bertz CT molecular complexity index is 595. The van der Waals surface area contributed by atoms with Gasteiger partial charge in [-0.1, -0.05) is 37.3 Å². The zero-order chi connectivity index (χ0) is 15.3. The Morgan fingerprint density at radius 2 is 2.10 bits per heavy atom. The molecule has 3 N–H and O–H groups in total. The molecule has 1 amide bonds. The summed E-state index contributed by atoms with van der Waals surface area (Å²) in [6.45, 7) is 3.97. The van der Waals surface area contributed by atoms with Crippen molar-refractivity contribution in [2.75, 3.05) is 6.61 Å². The number of nitrogens with one attached hydrogen (secondary N) is 2. The molecule has 1 heterocycles. The lowest BCUT2D eigenvalue weighted by Crippen LogP contribution is -2.46. The topological polar surface area (TPSA) is 78.0 Å². The highest BCUT2D eigenvalue weighted by atomic mass is 16.3. The van der Waals surface area contributed by atoms with Crippen molar-refractivity contribution < 1.29 is 9.90 Å². The first kappa shape index (κ1) is 15.3. The van der Waals surface area contributed by atoms with Crippen molar-refractivity contribution in [2.45, 2.75) is 32.2 Å². The summed E-state index contributed by atoms with van der Waals surface area (Å²) in [6, 6.07) is 9.61. The summed E-state index contributed by atoms with van der Waals surface area (Å²) in [7, 11) is 0. The van der Waals surface area contributed by atoms with E-state index >= 15 is 0 Å². The third kappa shape index (κ3) is 3.49. The second-order valence-corrected chi connectivity index (χ2v) is 5.37. The Hall–Kier alpha value is -2.14. The minimum Gasteiger partial charge on any atom is -0.396 e. The molecule has 0 bridgehead atoms. The highest BCUT2D eigenvalue weighted by molar-refractivity contribution is 6.00. The number of aromatic nitrogens is 2. The van der Waals surface area contributed by atoms with Crippen LogP contribution in [0.1, 0.15) is 37.0 Å². The number of nitrogens with zero attached hydrogens (tertiary/aromatic N) is 1. The first-order chi connectivity index (χ1) is 10.1. The number of H-pyrrole nitrogens is 1. The van der Waals surface area contributed by atoms with Gasteiger partial charge in [-0.25, -0.2) is 0 Å². The van der Waals surface area contributed by atoms with Gasteiger partial charge in [-0.05, 0) is 19.8 Å². The number of benzene rings is 1. The van der Waals surface area contributed by atoms with Gasteiger partial charge in [0.25, 0.3) is 5.91 Å². The van der Waals surface area contributed by atoms with Gasteiger partial charge >= 0.3 is 0 Å². The van der Waals surface area contributed by atoms with Crippen LogP contribution in [0.3, 0.4) is 0 Å². The largest absolute Gasteiger partial charge is 0.396 e. The van der Waals surface area contributed by atoms with Gasteiger partial charge in [0.2, 0.25) is 0 Å². The van der Waals surface area contributed by atoms with Crippen LogP contribution in [0.4, 0.5) is 0 Å². The molecule has 0 spiro atoms. The van der Waals surface area contributed by atoms with Gasteiger partial charge in [-0.3, -0.25) is 9.89 Å². The second kappa shape index (κ2) is 6.54. The smallest absolute Gasteiger partial charge is 0.255 e. The number of rotatable bonds is 6. The van der Waals surface area contributed by atoms with Crippen LogP contribution in [0, 0.1) is 0 Å². The molecule has 0 fully saturated rings. The molecular formula is C16H21N3O2. The Morgan fingerprint density at radius 3 is 2.71 bits per heavy atom. The molecule has 0 aliphatic heterocycles. The number of hydrogen-bond donors (Lipinski definition) is 3. The number of hydrogen-bond acceptors (Lipinski definition) is 3. The molecule has 0 saturated heterocycles. The fourth-order valence-corrected chi connectivity index (χ4v) is 2.20. The SMILES string of the molecule is CCC(C)(CCO)NC(=O)c1cn[nH]c1-c1ccccc1. The van der Waals surface area contributed by atoms with Crippen molar-refractivity contribution in [3.63, 3.8) is 0 Å². The van der Waals surface area contributed by atoms with Crippen molar-refractivity contribution in [3.05, 3.63) is 42.1 Å². The van der Waals surface area contributed by atoms with E-state index in [1.54, 1.807) is 0 Å². The van der Waals surface area contributed by atoms with E-state index in [1.807, 2.05) is 44.2 Å². The van der Waals surface area contributed by atoms with E-state index in [-0.39, 0.29) is 12.5 Å². The molecule has 1 unspecified atom stereocenters. The van der Waals surface area contributed by atoms with E-state index in [2.05, 4.69) is 15.5 Å². The summed E-state index contributed by atoms with van der Waals surface area (Å²) in [4.78, 5) is 12.5. The molecule has 112 valence electrons. The second-order valence-electron chi connectivity index (χ2n) is 5.37. The van der Waals surface area contributed by atoms with E-state index < -0.39 is 5.54 Å². The Kier molecular flexibility index (Phi) is 4.75. The maximum Gasteiger partial charge on any atom is 0.255 e.